The molecule has 1 fully saturated rings. The Balaban J connectivity index is 1.78. The first-order chi connectivity index (χ1) is 11.0. The van der Waals surface area contributed by atoms with E-state index in [4.69, 9.17) is 11.6 Å². The normalized spacial score (nSPS) is 18.9. The Morgan fingerprint density at radius 2 is 2.00 bits per heavy atom. The second kappa shape index (κ2) is 6.85. The molecule has 5 heteroatoms. The van der Waals surface area contributed by atoms with Gasteiger partial charge in [-0.3, -0.25) is 0 Å². The summed E-state index contributed by atoms with van der Waals surface area (Å²) >= 11 is 6.10. The number of likely N-dealkylation sites (tertiary alicyclic amines) is 1. The predicted octanol–water partition coefficient (Wildman–Crippen LogP) is 3.92. The van der Waals surface area contributed by atoms with Crippen molar-refractivity contribution in [1.29, 1.82) is 0 Å². The molecular weight excluding hydrogens is 308 g/mol. The summed E-state index contributed by atoms with van der Waals surface area (Å²) < 4.78 is 0. The molecule has 3 rings (SSSR count). The zero-order valence-electron chi connectivity index (χ0n) is 13.9. The van der Waals surface area contributed by atoms with Gasteiger partial charge in [-0.2, -0.15) is 0 Å². The van der Waals surface area contributed by atoms with E-state index in [1.807, 2.05) is 19.1 Å². The fourth-order valence-electron chi connectivity index (χ4n) is 3.13. The molecule has 0 unspecified atom stereocenters. The lowest BCUT2D eigenvalue weighted by molar-refractivity contribution is 0.260. The van der Waals surface area contributed by atoms with Gasteiger partial charge < -0.3 is 10.2 Å². The minimum atomic E-state index is 0.450. The average molecular weight is 331 g/mol. The highest BCUT2D eigenvalue weighted by molar-refractivity contribution is 6.31. The number of aromatic nitrogens is 2. The van der Waals surface area contributed by atoms with Crippen LogP contribution >= 0.6 is 11.6 Å². The van der Waals surface area contributed by atoms with Crippen LogP contribution in [-0.4, -0.2) is 41.3 Å². The number of rotatable bonds is 3. The fourth-order valence-corrected chi connectivity index (χ4v) is 3.24. The van der Waals surface area contributed by atoms with Gasteiger partial charge in [-0.25, -0.2) is 0 Å². The van der Waals surface area contributed by atoms with Crippen molar-refractivity contribution in [3.05, 3.63) is 40.4 Å². The second-order valence-electron chi connectivity index (χ2n) is 6.47. The maximum absolute atomic E-state index is 6.10. The molecule has 1 N–H and O–H groups in total. The number of benzene rings is 1. The first-order valence-electron chi connectivity index (χ1n) is 8.09. The Labute approximate surface area is 142 Å². The first kappa shape index (κ1) is 16.2. The van der Waals surface area contributed by atoms with E-state index in [0.29, 0.717) is 6.04 Å². The fraction of sp³-hybridized carbons (Fsp3) is 0.444. The molecule has 0 bridgehead atoms. The predicted molar refractivity (Wildman–Crippen MR) is 96.1 cm³/mol. The summed E-state index contributed by atoms with van der Waals surface area (Å²) in [7, 11) is 2.16. The lowest BCUT2D eigenvalue weighted by Crippen LogP contribution is -2.39. The minimum Gasteiger partial charge on any atom is -0.365 e. The summed E-state index contributed by atoms with van der Waals surface area (Å²) in [6.07, 6.45) is 2.41. The smallest absolute Gasteiger partial charge is 0.149 e. The Morgan fingerprint density at radius 3 is 2.70 bits per heavy atom. The molecule has 1 atom stereocenters. The van der Waals surface area contributed by atoms with Crippen LogP contribution in [0, 0.1) is 13.8 Å². The number of nitrogens with zero attached hydrogens (tertiary/aromatic N) is 3. The standard InChI is InChI=1S/C18H23ClN4/c1-12-9-14(6-7-16(12)19)18-13(2)10-17(21-22-18)20-15-5-4-8-23(3)11-15/h6-7,9-10,15H,4-5,8,11H2,1-3H3,(H,20,21)/t15-/m1/s1. The molecule has 1 saturated heterocycles. The molecule has 122 valence electrons. The number of likely N-dealkylation sites (N-methyl/N-ethyl adjacent to an activating group) is 1. The van der Waals surface area contributed by atoms with E-state index in [1.165, 1.54) is 19.4 Å². The molecule has 0 aliphatic carbocycles. The Hall–Kier alpha value is -1.65. The van der Waals surface area contributed by atoms with E-state index < -0.39 is 0 Å². The minimum absolute atomic E-state index is 0.450. The number of aryl methyl sites for hydroxylation is 2. The Bertz CT molecular complexity index is 701. The van der Waals surface area contributed by atoms with Gasteiger partial charge in [-0.15, -0.1) is 10.2 Å². The van der Waals surface area contributed by atoms with E-state index in [2.05, 4.69) is 46.5 Å². The van der Waals surface area contributed by atoms with Crippen LogP contribution in [0.3, 0.4) is 0 Å². The third kappa shape index (κ3) is 3.82. The van der Waals surface area contributed by atoms with E-state index in [9.17, 15) is 0 Å². The van der Waals surface area contributed by atoms with Crippen molar-refractivity contribution >= 4 is 17.4 Å². The molecular formula is C18H23ClN4. The summed E-state index contributed by atoms with van der Waals surface area (Å²) in [6.45, 7) is 6.31. The molecule has 23 heavy (non-hydrogen) atoms. The summed E-state index contributed by atoms with van der Waals surface area (Å²) in [5, 5.41) is 13.1. The number of hydrogen-bond donors (Lipinski definition) is 1. The topological polar surface area (TPSA) is 41.1 Å². The van der Waals surface area contributed by atoms with Crippen molar-refractivity contribution in [2.24, 2.45) is 0 Å². The summed E-state index contributed by atoms with van der Waals surface area (Å²) in [4.78, 5) is 2.35. The van der Waals surface area contributed by atoms with E-state index >= 15 is 0 Å². The third-order valence-electron chi connectivity index (χ3n) is 4.39. The Kier molecular flexibility index (Phi) is 4.83. The van der Waals surface area contributed by atoms with E-state index in [0.717, 1.165) is 39.8 Å². The van der Waals surface area contributed by atoms with Crippen molar-refractivity contribution < 1.29 is 0 Å². The molecule has 1 aliphatic rings. The van der Waals surface area contributed by atoms with Gasteiger partial charge in [0.1, 0.15) is 5.82 Å². The van der Waals surface area contributed by atoms with E-state index in [-0.39, 0.29) is 0 Å². The van der Waals surface area contributed by atoms with Crippen molar-refractivity contribution in [2.75, 3.05) is 25.5 Å². The van der Waals surface area contributed by atoms with Crippen molar-refractivity contribution in [3.8, 4) is 11.3 Å². The SMILES string of the molecule is Cc1cc(-c2nnc(N[C@@H]3CCCN(C)C3)cc2C)ccc1Cl. The van der Waals surface area contributed by atoms with Crippen LogP contribution in [0.2, 0.25) is 5.02 Å². The number of halogens is 1. The van der Waals surface area contributed by atoms with Gasteiger partial charge in [0.2, 0.25) is 0 Å². The monoisotopic (exact) mass is 330 g/mol. The quantitative estimate of drug-likeness (QED) is 0.926. The van der Waals surface area contributed by atoms with Crippen molar-refractivity contribution in [2.45, 2.75) is 32.7 Å². The van der Waals surface area contributed by atoms with Gasteiger partial charge in [-0.05, 0) is 69.6 Å². The molecule has 0 saturated carbocycles. The average Bonchev–Trinajstić information content (AvgIpc) is 2.50. The molecule has 1 aromatic carbocycles. The Morgan fingerprint density at radius 1 is 1.17 bits per heavy atom. The lowest BCUT2D eigenvalue weighted by atomic mass is 10.0. The number of hydrogen-bond acceptors (Lipinski definition) is 4. The van der Waals surface area contributed by atoms with E-state index in [1.54, 1.807) is 0 Å². The van der Waals surface area contributed by atoms with Gasteiger partial charge in [0.15, 0.2) is 0 Å². The number of anilines is 1. The highest BCUT2D eigenvalue weighted by Gasteiger charge is 2.17. The highest BCUT2D eigenvalue weighted by atomic mass is 35.5. The number of nitrogens with one attached hydrogen (secondary N) is 1. The second-order valence-corrected chi connectivity index (χ2v) is 6.88. The van der Waals surface area contributed by atoms with Crippen LogP contribution in [0.4, 0.5) is 5.82 Å². The lowest BCUT2D eigenvalue weighted by Gasteiger charge is -2.30. The number of piperidine rings is 1. The third-order valence-corrected chi connectivity index (χ3v) is 4.82. The van der Waals surface area contributed by atoms with Crippen LogP contribution in [0.25, 0.3) is 11.3 Å². The van der Waals surface area contributed by atoms with Crippen LogP contribution in [0.5, 0.6) is 0 Å². The molecule has 1 aromatic heterocycles. The van der Waals surface area contributed by atoms with Crippen molar-refractivity contribution in [3.63, 3.8) is 0 Å². The van der Waals surface area contributed by atoms with Gasteiger partial charge in [-0.1, -0.05) is 17.7 Å². The maximum atomic E-state index is 6.10. The van der Waals surface area contributed by atoms with Crippen LogP contribution in [0.15, 0.2) is 24.3 Å². The van der Waals surface area contributed by atoms with Crippen molar-refractivity contribution in [1.82, 2.24) is 15.1 Å². The van der Waals surface area contributed by atoms with Gasteiger partial charge in [0, 0.05) is 23.2 Å². The summed E-state index contributed by atoms with van der Waals surface area (Å²) in [6, 6.07) is 8.50. The van der Waals surface area contributed by atoms with Crippen LogP contribution < -0.4 is 5.32 Å². The molecule has 0 amide bonds. The molecule has 1 aliphatic heterocycles. The molecule has 2 aromatic rings. The summed E-state index contributed by atoms with van der Waals surface area (Å²) in [5.74, 6) is 0.859. The zero-order chi connectivity index (χ0) is 16.4. The highest BCUT2D eigenvalue weighted by Crippen LogP contribution is 2.26. The maximum Gasteiger partial charge on any atom is 0.149 e. The first-order valence-corrected chi connectivity index (χ1v) is 8.46. The summed E-state index contributed by atoms with van der Waals surface area (Å²) in [5.41, 5.74) is 4.14. The molecule has 2 heterocycles. The molecule has 0 spiro atoms. The zero-order valence-corrected chi connectivity index (χ0v) is 14.7. The van der Waals surface area contributed by atoms with Crippen LogP contribution in [0.1, 0.15) is 24.0 Å². The van der Waals surface area contributed by atoms with Crippen LogP contribution in [-0.2, 0) is 0 Å². The van der Waals surface area contributed by atoms with Gasteiger partial charge in [0.25, 0.3) is 0 Å². The molecule has 0 radical (unpaired) electrons. The van der Waals surface area contributed by atoms with Gasteiger partial charge in [0.05, 0.1) is 5.69 Å². The largest absolute Gasteiger partial charge is 0.365 e. The van der Waals surface area contributed by atoms with Gasteiger partial charge >= 0.3 is 0 Å². The molecule has 4 nitrogen and oxygen atoms in total.